The summed E-state index contributed by atoms with van der Waals surface area (Å²) >= 11 is 0. The monoisotopic (exact) mass is 245 g/mol. The molecule has 0 bridgehead atoms. The molecule has 3 rings (SSSR count). The van der Waals surface area contributed by atoms with E-state index in [1.807, 2.05) is 30.3 Å². The summed E-state index contributed by atoms with van der Waals surface area (Å²) in [4.78, 5) is 0. The van der Waals surface area contributed by atoms with E-state index in [9.17, 15) is 0 Å². The van der Waals surface area contributed by atoms with Gasteiger partial charge in [0.15, 0.2) is 11.5 Å². The lowest BCUT2D eigenvalue weighted by Gasteiger charge is -2.18. The van der Waals surface area contributed by atoms with Gasteiger partial charge >= 0.3 is 0 Å². The number of benzene rings is 1. The van der Waals surface area contributed by atoms with Crippen LogP contribution >= 0.6 is 0 Å². The second-order valence-corrected chi connectivity index (χ2v) is 4.23. The summed E-state index contributed by atoms with van der Waals surface area (Å²) in [7, 11) is 0. The van der Waals surface area contributed by atoms with Crippen molar-refractivity contribution in [3.8, 4) is 11.5 Å². The van der Waals surface area contributed by atoms with Gasteiger partial charge < -0.3 is 19.6 Å². The second kappa shape index (κ2) is 4.74. The van der Waals surface area contributed by atoms with E-state index in [2.05, 4.69) is 0 Å². The van der Waals surface area contributed by atoms with E-state index < -0.39 is 0 Å². The lowest BCUT2D eigenvalue weighted by Crippen LogP contribution is -2.15. The normalized spacial score (nSPS) is 13.6. The molecule has 0 atom stereocenters. The van der Waals surface area contributed by atoms with Crippen LogP contribution < -0.4 is 15.2 Å². The van der Waals surface area contributed by atoms with Gasteiger partial charge in [0.25, 0.3) is 0 Å². The Kier molecular flexibility index (Phi) is 2.94. The first-order valence-corrected chi connectivity index (χ1v) is 6.01. The maximum Gasteiger partial charge on any atom is 0.161 e. The van der Waals surface area contributed by atoms with Gasteiger partial charge in [0.2, 0.25) is 0 Å². The number of nitrogens with two attached hydrogens (primary N) is 1. The predicted molar refractivity (Wildman–Crippen MR) is 66.8 cm³/mol. The summed E-state index contributed by atoms with van der Waals surface area (Å²) in [6.45, 7) is 1.65. The number of rotatable bonds is 3. The highest BCUT2D eigenvalue weighted by Gasteiger charge is 2.12. The smallest absolute Gasteiger partial charge is 0.161 e. The Balaban J connectivity index is 1.80. The fourth-order valence-corrected chi connectivity index (χ4v) is 2.03. The van der Waals surface area contributed by atoms with Crippen molar-refractivity contribution < 1.29 is 13.9 Å². The van der Waals surface area contributed by atoms with Crippen molar-refractivity contribution in [2.45, 2.75) is 13.0 Å². The molecule has 2 heterocycles. The molecule has 4 nitrogen and oxygen atoms in total. The number of furan rings is 1. The van der Waals surface area contributed by atoms with Crippen LogP contribution in [0.25, 0.3) is 0 Å². The largest absolute Gasteiger partial charge is 0.486 e. The highest BCUT2D eigenvalue weighted by Crippen LogP contribution is 2.31. The number of fused-ring (bicyclic) bond motifs is 1. The molecule has 2 aromatic rings. The maximum atomic E-state index is 5.58. The highest BCUT2D eigenvalue weighted by atomic mass is 16.6. The zero-order chi connectivity index (χ0) is 12.4. The average Bonchev–Trinajstić information content (AvgIpc) is 2.86. The molecular weight excluding hydrogens is 230 g/mol. The van der Waals surface area contributed by atoms with Crippen LogP contribution in [-0.4, -0.2) is 13.2 Å². The van der Waals surface area contributed by atoms with Crippen molar-refractivity contribution in [3.05, 3.63) is 47.4 Å². The van der Waals surface area contributed by atoms with Crippen LogP contribution in [0.4, 0.5) is 0 Å². The van der Waals surface area contributed by atoms with Gasteiger partial charge in [-0.05, 0) is 29.8 Å². The lowest BCUT2D eigenvalue weighted by molar-refractivity contribution is 0.171. The van der Waals surface area contributed by atoms with Gasteiger partial charge in [0, 0.05) is 6.42 Å². The zero-order valence-electron chi connectivity index (χ0n) is 10.0. The van der Waals surface area contributed by atoms with E-state index in [0.717, 1.165) is 35.0 Å². The molecule has 0 amide bonds. The minimum Gasteiger partial charge on any atom is -0.486 e. The first-order valence-electron chi connectivity index (χ1n) is 6.01. The topological polar surface area (TPSA) is 57.6 Å². The van der Waals surface area contributed by atoms with Crippen LogP contribution in [0.2, 0.25) is 0 Å². The Morgan fingerprint density at radius 3 is 2.50 bits per heavy atom. The molecule has 0 unspecified atom stereocenters. The third-order valence-corrected chi connectivity index (χ3v) is 2.90. The van der Waals surface area contributed by atoms with Gasteiger partial charge in [-0.15, -0.1) is 0 Å². The lowest BCUT2D eigenvalue weighted by atomic mass is 10.1. The summed E-state index contributed by atoms with van der Waals surface area (Å²) in [6.07, 6.45) is 0.733. The van der Waals surface area contributed by atoms with Crippen molar-refractivity contribution in [1.29, 1.82) is 0 Å². The van der Waals surface area contributed by atoms with Crippen molar-refractivity contribution in [2.24, 2.45) is 5.73 Å². The Hall–Kier alpha value is -1.94. The molecular formula is C14H15NO3. The van der Waals surface area contributed by atoms with E-state index in [0.29, 0.717) is 19.8 Å². The fourth-order valence-electron chi connectivity index (χ4n) is 2.03. The van der Waals surface area contributed by atoms with E-state index in [1.54, 1.807) is 0 Å². The van der Waals surface area contributed by atoms with E-state index >= 15 is 0 Å². The number of hydrogen-bond donors (Lipinski definition) is 1. The molecule has 18 heavy (non-hydrogen) atoms. The van der Waals surface area contributed by atoms with Crippen LogP contribution in [0.1, 0.15) is 17.1 Å². The van der Waals surface area contributed by atoms with E-state index in [1.165, 1.54) is 0 Å². The predicted octanol–water partition coefficient (Wildman–Crippen LogP) is 2.10. The molecule has 0 spiro atoms. The van der Waals surface area contributed by atoms with Crippen molar-refractivity contribution in [2.75, 3.05) is 13.2 Å². The van der Waals surface area contributed by atoms with Gasteiger partial charge in [-0.1, -0.05) is 6.07 Å². The Labute approximate surface area is 105 Å². The first kappa shape index (κ1) is 11.2. The van der Waals surface area contributed by atoms with Crippen molar-refractivity contribution in [1.82, 2.24) is 0 Å². The number of hydrogen-bond acceptors (Lipinski definition) is 4. The van der Waals surface area contributed by atoms with Gasteiger partial charge in [0.1, 0.15) is 24.7 Å². The Bertz CT molecular complexity index is 548. The zero-order valence-corrected chi connectivity index (χ0v) is 10.0. The molecule has 94 valence electrons. The summed E-state index contributed by atoms with van der Waals surface area (Å²) < 4.78 is 16.6. The third kappa shape index (κ3) is 2.19. The summed E-state index contributed by atoms with van der Waals surface area (Å²) in [6, 6.07) is 9.83. The van der Waals surface area contributed by atoms with Crippen LogP contribution in [0, 0.1) is 0 Å². The summed E-state index contributed by atoms with van der Waals surface area (Å²) in [5.41, 5.74) is 6.65. The van der Waals surface area contributed by atoms with Crippen molar-refractivity contribution >= 4 is 0 Å². The van der Waals surface area contributed by atoms with Gasteiger partial charge in [-0.3, -0.25) is 0 Å². The quantitative estimate of drug-likeness (QED) is 0.899. The minimum absolute atomic E-state index is 0.432. The molecule has 1 aliphatic heterocycles. The molecule has 1 aromatic heterocycles. The maximum absolute atomic E-state index is 5.58. The molecule has 0 radical (unpaired) electrons. The first-order chi connectivity index (χ1) is 8.85. The van der Waals surface area contributed by atoms with Gasteiger partial charge in [-0.2, -0.15) is 0 Å². The molecule has 4 heteroatoms. The van der Waals surface area contributed by atoms with Gasteiger partial charge in [0.05, 0.1) is 6.54 Å². The van der Waals surface area contributed by atoms with Gasteiger partial charge in [-0.25, -0.2) is 0 Å². The minimum atomic E-state index is 0.432. The van der Waals surface area contributed by atoms with Crippen LogP contribution in [0.5, 0.6) is 11.5 Å². The second-order valence-electron chi connectivity index (χ2n) is 4.23. The van der Waals surface area contributed by atoms with Crippen LogP contribution in [0.3, 0.4) is 0 Å². The highest BCUT2D eigenvalue weighted by molar-refractivity contribution is 5.44. The van der Waals surface area contributed by atoms with E-state index in [4.69, 9.17) is 19.6 Å². The molecule has 0 aliphatic carbocycles. The standard InChI is InChI=1S/C14H15NO3/c15-9-12-3-2-11(18-12)7-10-1-4-13-14(8-10)17-6-5-16-13/h1-4,8H,5-7,9,15H2. The Morgan fingerprint density at radius 1 is 0.944 bits per heavy atom. The van der Waals surface area contributed by atoms with Crippen molar-refractivity contribution in [3.63, 3.8) is 0 Å². The SMILES string of the molecule is NCc1ccc(Cc2ccc3c(c2)OCCO3)o1. The molecule has 1 aliphatic rings. The third-order valence-electron chi connectivity index (χ3n) is 2.90. The molecule has 0 saturated heterocycles. The van der Waals surface area contributed by atoms with Crippen LogP contribution in [0.15, 0.2) is 34.7 Å². The molecule has 0 fully saturated rings. The molecule has 0 saturated carbocycles. The fraction of sp³-hybridized carbons (Fsp3) is 0.286. The molecule has 1 aromatic carbocycles. The van der Waals surface area contributed by atoms with E-state index in [-0.39, 0.29) is 0 Å². The van der Waals surface area contributed by atoms with Crippen LogP contribution in [-0.2, 0) is 13.0 Å². The number of ether oxygens (including phenoxy) is 2. The summed E-state index contributed by atoms with van der Waals surface area (Å²) in [5, 5.41) is 0. The summed E-state index contributed by atoms with van der Waals surface area (Å²) in [5.74, 6) is 3.34. The average molecular weight is 245 g/mol. The Morgan fingerprint density at radius 2 is 1.72 bits per heavy atom. The molecule has 2 N–H and O–H groups in total.